The molecule has 0 aliphatic carbocycles. The van der Waals surface area contributed by atoms with Gasteiger partial charge in [-0.1, -0.05) is 0 Å². The van der Waals surface area contributed by atoms with Crippen LogP contribution < -0.4 is 5.32 Å². The van der Waals surface area contributed by atoms with Crippen molar-refractivity contribution in [3.05, 3.63) is 28.9 Å². The van der Waals surface area contributed by atoms with Gasteiger partial charge in [-0.15, -0.1) is 0 Å². The largest absolute Gasteiger partial charge is 0.444 e. The summed E-state index contributed by atoms with van der Waals surface area (Å²) in [6, 6.07) is 5.16. The summed E-state index contributed by atoms with van der Waals surface area (Å²) >= 11 is 1.48. The summed E-state index contributed by atoms with van der Waals surface area (Å²) in [7, 11) is 0. The molecular formula is C16H21BrN2O4S. The summed E-state index contributed by atoms with van der Waals surface area (Å²) in [5.74, 6) is 0. The molecule has 132 valence electrons. The highest BCUT2D eigenvalue weighted by atomic mass is 79.9. The molecule has 0 spiro atoms. The Morgan fingerprint density at radius 2 is 2.12 bits per heavy atom. The zero-order valence-electron chi connectivity index (χ0n) is 13.8. The molecule has 0 saturated heterocycles. The number of halogens is 1. The molecular weight excluding hydrogens is 396 g/mol. The summed E-state index contributed by atoms with van der Waals surface area (Å²) in [4.78, 5) is 12.0. The van der Waals surface area contributed by atoms with Crippen LogP contribution in [-0.4, -0.2) is 31.6 Å². The highest BCUT2D eigenvalue weighted by Crippen LogP contribution is 2.28. The van der Waals surface area contributed by atoms with Crippen molar-refractivity contribution in [3.8, 4) is 0 Å². The van der Waals surface area contributed by atoms with E-state index in [1.807, 2.05) is 37.6 Å². The second kappa shape index (κ2) is 7.67. The van der Waals surface area contributed by atoms with Crippen LogP contribution in [0.5, 0.6) is 0 Å². The molecule has 1 amide bonds. The van der Waals surface area contributed by atoms with Gasteiger partial charge in [-0.2, -0.15) is 0 Å². The van der Waals surface area contributed by atoms with Crippen LogP contribution in [0.4, 0.5) is 4.79 Å². The predicted octanol–water partition coefficient (Wildman–Crippen LogP) is 3.90. The molecule has 1 atom stereocenters. The number of rotatable bonds is 5. The smallest absolute Gasteiger partial charge is 0.407 e. The minimum atomic E-state index is -2.00. The molecule has 0 aliphatic heterocycles. The Morgan fingerprint density at radius 1 is 1.42 bits per heavy atom. The molecule has 1 aromatic heterocycles. The van der Waals surface area contributed by atoms with Crippen molar-refractivity contribution in [1.82, 2.24) is 9.88 Å². The van der Waals surface area contributed by atoms with Gasteiger partial charge < -0.3 is 19.2 Å². The lowest BCUT2D eigenvalue weighted by molar-refractivity contribution is 0.0526. The van der Waals surface area contributed by atoms with E-state index in [1.54, 1.807) is 12.1 Å². The Kier molecular flexibility index (Phi) is 6.06. The van der Waals surface area contributed by atoms with Crippen LogP contribution in [-0.2, 0) is 22.4 Å². The number of fused-ring (bicyclic) bond motifs is 1. The molecule has 6 nitrogen and oxygen atoms in total. The van der Waals surface area contributed by atoms with E-state index in [4.69, 9.17) is 4.74 Å². The number of alkyl carbamates (subject to hydrolysis) is 1. The zero-order valence-corrected chi connectivity index (χ0v) is 16.2. The summed E-state index contributed by atoms with van der Waals surface area (Å²) in [6.45, 7) is 6.68. The molecule has 0 aliphatic rings. The first-order chi connectivity index (χ1) is 11.2. The first kappa shape index (κ1) is 19.0. The minimum Gasteiger partial charge on any atom is -0.444 e. The van der Waals surface area contributed by atoms with E-state index in [2.05, 4.69) is 21.2 Å². The highest BCUT2D eigenvalue weighted by molar-refractivity contribution is 9.10. The van der Waals surface area contributed by atoms with Crippen LogP contribution in [0.3, 0.4) is 0 Å². The fraction of sp³-hybridized carbons (Fsp3) is 0.438. The molecule has 1 aromatic carbocycles. The van der Waals surface area contributed by atoms with E-state index in [1.165, 1.54) is 0 Å². The number of nitrogens with one attached hydrogen (secondary N) is 1. The Bertz CT molecular complexity index is 767. The first-order valence-corrected chi connectivity index (χ1v) is 9.43. The van der Waals surface area contributed by atoms with Crippen molar-refractivity contribution in [2.45, 2.75) is 44.2 Å². The number of nitrogens with zero attached hydrogens (tertiary/aromatic N) is 1. The van der Waals surface area contributed by atoms with Crippen molar-refractivity contribution in [2.75, 3.05) is 6.54 Å². The number of benzene rings is 1. The highest BCUT2D eigenvalue weighted by Gasteiger charge is 2.15. The predicted molar refractivity (Wildman–Crippen MR) is 97.5 cm³/mol. The third-order valence-electron chi connectivity index (χ3n) is 3.25. The normalized spacial score (nSPS) is 13.0. The van der Waals surface area contributed by atoms with Gasteiger partial charge in [0.2, 0.25) is 0 Å². The molecule has 2 N–H and O–H groups in total. The van der Waals surface area contributed by atoms with Gasteiger partial charge in [-0.05, 0) is 61.3 Å². The third-order valence-corrected chi connectivity index (χ3v) is 4.54. The summed E-state index contributed by atoms with van der Waals surface area (Å²) in [6.07, 6.45) is 2.25. The molecule has 2 rings (SSSR count). The van der Waals surface area contributed by atoms with Crippen LogP contribution in [0, 0.1) is 0 Å². The van der Waals surface area contributed by atoms with Crippen LogP contribution >= 0.6 is 15.9 Å². The van der Waals surface area contributed by atoms with E-state index >= 15 is 0 Å². The molecule has 0 radical (unpaired) electrons. The number of amides is 1. The van der Waals surface area contributed by atoms with Crippen LogP contribution in [0.2, 0.25) is 0 Å². The fourth-order valence-electron chi connectivity index (χ4n) is 2.28. The van der Waals surface area contributed by atoms with Gasteiger partial charge in [0, 0.05) is 34.7 Å². The molecule has 2 aromatic rings. The average molecular weight is 417 g/mol. The molecule has 24 heavy (non-hydrogen) atoms. The van der Waals surface area contributed by atoms with Crippen molar-refractivity contribution >= 4 is 44.0 Å². The Morgan fingerprint density at radius 3 is 2.75 bits per heavy atom. The summed E-state index contributed by atoms with van der Waals surface area (Å²) in [5.41, 5.74) is 0.462. The third kappa shape index (κ3) is 5.06. The van der Waals surface area contributed by atoms with Crippen molar-refractivity contribution < 1.29 is 18.3 Å². The Hall–Kier alpha value is -1.38. The SMILES string of the molecule is CC(C)(C)OC(=O)NCCCn1cc(Br)c2cc(S(=O)O)ccc21. The number of aromatic nitrogens is 1. The van der Waals surface area contributed by atoms with Crippen molar-refractivity contribution in [2.24, 2.45) is 0 Å². The Balaban J connectivity index is 1.96. The summed E-state index contributed by atoms with van der Waals surface area (Å²) < 4.78 is 28.4. The maximum atomic E-state index is 11.6. The number of hydrogen-bond donors (Lipinski definition) is 2. The van der Waals surface area contributed by atoms with E-state index < -0.39 is 22.8 Å². The average Bonchev–Trinajstić information content (AvgIpc) is 2.78. The number of ether oxygens (including phenoxy) is 1. The molecule has 0 bridgehead atoms. The van der Waals surface area contributed by atoms with Crippen LogP contribution in [0.25, 0.3) is 10.9 Å². The van der Waals surface area contributed by atoms with Gasteiger partial charge in [0.25, 0.3) is 0 Å². The van der Waals surface area contributed by atoms with Gasteiger partial charge >= 0.3 is 6.09 Å². The molecule has 0 fully saturated rings. The molecule has 1 heterocycles. The molecule has 0 saturated carbocycles. The maximum Gasteiger partial charge on any atom is 0.407 e. The second-order valence-corrected chi connectivity index (χ2v) is 8.20. The van der Waals surface area contributed by atoms with Crippen molar-refractivity contribution in [1.29, 1.82) is 0 Å². The lowest BCUT2D eigenvalue weighted by Crippen LogP contribution is -2.33. The van der Waals surface area contributed by atoms with Gasteiger partial charge in [0.05, 0.1) is 4.90 Å². The lowest BCUT2D eigenvalue weighted by Gasteiger charge is -2.19. The van der Waals surface area contributed by atoms with Gasteiger partial charge in [-0.3, -0.25) is 0 Å². The summed E-state index contributed by atoms with van der Waals surface area (Å²) in [5, 5.41) is 3.61. The first-order valence-electron chi connectivity index (χ1n) is 7.53. The molecule has 1 unspecified atom stereocenters. The quantitative estimate of drug-likeness (QED) is 0.571. The zero-order chi connectivity index (χ0) is 17.9. The second-order valence-electron chi connectivity index (χ2n) is 6.38. The Labute approximate surface area is 152 Å². The van der Waals surface area contributed by atoms with E-state index in [-0.39, 0.29) is 0 Å². The fourth-order valence-corrected chi connectivity index (χ4v) is 3.25. The standard InChI is InChI=1S/C16H21BrN2O4S/c1-16(2,3)23-15(20)18-7-4-8-19-10-13(17)12-9-11(24(21)22)5-6-14(12)19/h5-6,9-10H,4,7-8H2,1-3H3,(H,18,20)(H,21,22). The minimum absolute atomic E-state index is 0.368. The molecule has 8 heteroatoms. The number of carbonyl (C=O) groups is 1. The topological polar surface area (TPSA) is 80.6 Å². The van der Waals surface area contributed by atoms with E-state index in [0.717, 1.165) is 21.8 Å². The van der Waals surface area contributed by atoms with Crippen molar-refractivity contribution in [3.63, 3.8) is 0 Å². The van der Waals surface area contributed by atoms with Crippen LogP contribution in [0.15, 0.2) is 33.8 Å². The van der Waals surface area contributed by atoms with E-state index in [9.17, 15) is 13.6 Å². The maximum absolute atomic E-state index is 11.6. The van der Waals surface area contributed by atoms with E-state index in [0.29, 0.717) is 18.0 Å². The monoisotopic (exact) mass is 416 g/mol. The lowest BCUT2D eigenvalue weighted by atomic mass is 10.2. The van der Waals surface area contributed by atoms with Gasteiger partial charge in [-0.25, -0.2) is 9.00 Å². The number of hydrogen-bond acceptors (Lipinski definition) is 3. The van der Waals surface area contributed by atoms with Crippen LogP contribution in [0.1, 0.15) is 27.2 Å². The van der Waals surface area contributed by atoms with Gasteiger partial charge in [0.1, 0.15) is 5.60 Å². The number of aryl methyl sites for hydroxylation is 1. The number of carbonyl (C=O) groups excluding carboxylic acids is 1. The van der Waals surface area contributed by atoms with Gasteiger partial charge in [0.15, 0.2) is 11.1 Å².